The molecule has 1 amide bonds. The van der Waals surface area contributed by atoms with Gasteiger partial charge in [0.05, 0.1) is 12.2 Å². The lowest BCUT2D eigenvalue weighted by molar-refractivity contribution is 0.0958. The third-order valence-electron chi connectivity index (χ3n) is 3.96. The first-order valence-corrected chi connectivity index (χ1v) is 8.94. The van der Waals surface area contributed by atoms with Crippen molar-refractivity contribution in [1.82, 2.24) is 5.32 Å². The van der Waals surface area contributed by atoms with Gasteiger partial charge in [0.25, 0.3) is 15.9 Å². The first kappa shape index (κ1) is 15.6. The van der Waals surface area contributed by atoms with Crippen LogP contribution in [0.25, 0.3) is 0 Å². The Morgan fingerprint density at radius 3 is 2.96 bits per heavy atom. The number of hydrogen-bond donors (Lipinski definition) is 1. The summed E-state index contributed by atoms with van der Waals surface area (Å²) in [4.78, 5) is 14.0. The molecular formula is C16H17N3O3S. The number of carbonyl (C=O) groups is 1. The standard InChI is InChI=1S/C16H17N3O3S/c1-2-9-17-16(20)12-7-8-13-14(11-12)23(21,22)18-15-6-4-3-5-10-19(13)15/h1,7-8,11H,3-6,9-10H2,(H,17,20). The molecule has 2 heterocycles. The first-order chi connectivity index (χ1) is 11.0. The third kappa shape index (κ3) is 2.94. The van der Waals surface area contributed by atoms with E-state index < -0.39 is 15.9 Å². The number of sulfonamides is 1. The van der Waals surface area contributed by atoms with Crippen molar-refractivity contribution in [3.8, 4) is 12.3 Å². The average molecular weight is 331 g/mol. The fourth-order valence-corrected chi connectivity index (χ4v) is 4.14. The smallest absolute Gasteiger partial charge is 0.286 e. The second-order valence-electron chi connectivity index (χ2n) is 5.51. The predicted octanol–water partition coefficient (Wildman–Crippen LogP) is 1.53. The van der Waals surface area contributed by atoms with E-state index in [9.17, 15) is 13.2 Å². The SMILES string of the molecule is C#CCNC(=O)c1ccc2c(c1)S(=O)(=O)N=C1CCCCCN12. The van der Waals surface area contributed by atoms with Crippen LogP contribution in [0.3, 0.4) is 0 Å². The van der Waals surface area contributed by atoms with E-state index >= 15 is 0 Å². The Hall–Kier alpha value is -2.33. The van der Waals surface area contributed by atoms with E-state index in [1.807, 2.05) is 4.90 Å². The minimum absolute atomic E-state index is 0.0801. The second kappa shape index (κ2) is 6.05. The molecule has 6 nitrogen and oxygen atoms in total. The number of rotatable bonds is 2. The highest BCUT2D eigenvalue weighted by molar-refractivity contribution is 7.90. The summed E-state index contributed by atoms with van der Waals surface area (Å²) < 4.78 is 28.9. The van der Waals surface area contributed by atoms with Gasteiger partial charge in [-0.2, -0.15) is 8.42 Å². The average Bonchev–Trinajstić information content (AvgIpc) is 2.77. The molecule has 0 spiro atoms. The maximum absolute atomic E-state index is 12.5. The zero-order valence-corrected chi connectivity index (χ0v) is 13.4. The Kier molecular flexibility index (Phi) is 4.09. The summed E-state index contributed by atoms with van der Waals surface area (Å²) in [6.07, 6.45) is 8.75. The maximum atomic E-state index is 12.5. The minimum atomic E-state index is -3.78. The topological polar surface area (TPSA) is 78.8 Å². The van der Waals surface area contributed by atoms with Crippen molar-refractivity contribution in [2.45, 2.75) is 30.6 Å². The molecule has 2 aliphatic heterocycles. The molecule has 3 rings (SSSR count). The summed E-state index contributed by atoms with van der Waals surface area (Å²) in [6, 6.07) is 4.67. The van der Waals surface area contributed by atoms with E-state index in [4.69, 9.17) is 6.42 Å². The normalized spacial score (nSPS) is 18.7. The summed E-state index contributed by atoms with van der Waals surface area (Å²) in [6.45, 7) is 0.834. The van der Waals surface area contributed by atoms with Gasteiger partial charge in [0, 0.05) is 18.5 Å². The quantitative estimate of drug-likeness (QED) is 0.834. The number of terminal acetylenes is 1. The fraction of sp³-hybridized carbons (Fsp3) is 0.375. The molecule has 1 N–H and O–H groups in total. The van der Waals surface area contributed by atoms with Crippen molar-refractivity contribution in [3.63, 3.8) is 0 Å². The monoisotopic (exact) mass is 331 g/mol. The van der Waals surface area contributed by atoms with Crippen LogP contribution in [0, 0.1) is 12.3 Å². The number of hydrogen-bond acceptors (Lipinski definition) is 4. The molecule has 0 unspecified atom stereocenters. The van der Waals surface area contributed by atoms with Gasteiger partial charge in [0.15, 0.2) is 0 Å². The molecule has 7 heteroatoms. The molecule has 2 aliphatic rings. The van der Waals surface area contributed by atoms with Gasteiger partial charge < -0.3 is 10.2 Å². The number of fused-ring (bicyclic) bond motifs is 3. The van der Waals surface area contributed by atoms with Gasteiger partial charge in [0.1, 0.15) is 10.7 Å². The summed E-state index contributed by atoms with van der Waals surface area (Å²) in [5.74, 6) is 2.51. The zero-order chi connectivity index (χ0) is 16.4. The number of amides is 1. The number of anilines is 1. The molecule has 1 saturated heterocycles. The van der Waals surface area contributed by atoms with E-state index in [1.54, 1.807) is 12.1 Å². The maximum Gasteiger partial charge on any atom is 0.286 e. The molecule has 1 fully saturated rings. The highest BCUT2D eigenvalue weighted by Crippen LogP contribution is 2.34. The van der Waals surface area contributed by atoms with Crippen molar-refractivity contribution >= 4 is 27.5 Å². The number of amidine groups is 1. The van der Waals surface area contributed by atoms with Crippen LogP contribution in [0.5, 0.6) is 0 Å². The van der Waals surface area contributed by atoms with E-state index in [-0.39, 0.29) is 17.0 Å². The summed E-state index contributed by atoms with van der Waals surface area (Å²) >= 11 is 0. The van der Waals surface area contributed by atoms with E-state index in [0.29, 0.717) is 17.9 Å². The second-order valence-corrected chi connectivity index (χ2v) is 7.09. The molecule has 0 aromatic heterocycles. The van der Waals surface area contributed by atoms with Crippen LogP contribution >= 0.6 is 0 Å². The lowest BCUT2D eigenvalue weighted by atomic mass is 10.1. The molecule has 0 saturated carbocycles. The molecule has 23 heavy (non-hydrogen) atoms. The van der Waals surface area contributed by atoms with Crippen molar-refractivity contribution in [1.29, 1.82) is 0 Å². The third-order valence-corrected chi connectivity index (χ3v) is 5.29. The lowest BCUT2D eigenvalue weighted by Crippen LogP contribution is -2.35. The molecular weight excluding hydrogens is 314 g/mol. The van der Waals surface area contributed by atoms with Gasteiger partial charge >= 0.3 is 0 Å². The number of nitrogens with zero attached hydrogens (tertiary/aromatic N) is 2. The van der Waals surface area contributed by atoms with Gasteiger partial charge in [0.2, 0.25) is 0 Å². The van der Waals surface area contributed by atoms with Crippen molar-refractivity contribution in [3.05, 3.63) is 23.8 Å². The van der Waals surface area contributed by atoms with E-state index in [1.165, 1.54) is 6.07 Å². The highest BCUT2D eigenvalue weighted by atomic mass is 32.2. The van der Waals surface area contributed by atoms with Crippen molar-refractivity contribution in [2.24, 2.45) is 4.40 Å². The summed E-state index contributed by atoms with van der Waals surface area (Å²) in [5, 5.41) is 2.53. The first-order valence-electron chi connectivity index (χ1n) is 7.50. The highest BCUT2D eigenvalue weighted by Gasteiger charge is 2.32. The van der Waals surface area contributed by atoms with Crippen LogP contribution in [0.2, 0.25) is 0 Å². The molecule has 0 radical (unpaired) electrons. The number of carbonyl (C=O) groups excluding carboxylic acids is 1. The van der Waals surface area contributed by atoms with Gasteiger partial charge in [-0.3, -0.25) is 4.79 Å². The van der Waals surface area contributed by atoms with Crippen LogP contribution in [0.15, 0.2) is 27.5 Å². The Morgan fingerprint density at radius 1 is 1.35 bits per heavy atom. The van der Waals surface area contributed by atoms with Gasteiger partial charge in [-0.1, -0.05) is 12.3 Å². The van der Waals surface area contributed by atoms with E-state index in [2.05, 4.69) is 15.6 Å². The Bertz CT molecular complexity index is 821. The molecule has 120 valence electrons. The van der Waals surface area contributed by atoms with E-state index in [0.717, 1.165) is 25.8 Å². The van der Waals surface area contributed by atoms with Crippen LogP contribution in [0.1, 0.15) is 36.0 Å². The van der Waals surface area contributed by atoms with Crippen molar-refractivity contribution in [2.75, 3.05) is 18.0 Å². The zero-order valence-electron chi connectivity index (χ0n) is 12.6. The van der Waals surface area contributed by atoms with Crippen LogP contribution in [-0.4, -0.2) is 33.3 Å². The van der Waals surface area contributed by atoms with Gasteiger partial charge in [-0.15, -0.1) is 10.8 Å². The Balaban J connectivity index is 2.04. The lowest BCUT2D eigenvalue weighted by Gasteiger charge is -2.29. The predicted molar refractivity (Wildman–Crippen MR) is 88.0 cm³/mol. The van der Waals surface area contributed by atoms with Crippen LogP contribution < -0.4 is 10.2 Å². The molecule has 1 aromatic carbocycles. The molecule has 0 atom stereocenters. The molecule has 1 aromatic rings. The summed E-state index contributed by atoms with van der Waals surface area (Å²) in [7, 11) is -3.78. The van der Waals surface area contributed by atoms with Crippen LogP contribution in [0.4, 0.5) is 5.69 Å². The van der Waals surface area contributed by atoms with Crippen molar-refractivity contribution < 1.29 is 13.2 Å². The fourth-order valence-electron chi connectivity index (χ4n) is 2.85. The van der Waals surface area contributed by atoms with Crippen LogP contribution in [-0.2, 0) is 10.0 Å². The van der Waals surface area contributed by atoms with Gasteiger partial charge in [-0.25, -0.2) is 0 Å². The molecule has 0 bridgehead atoms. The van der Waals surface area contributed by atoms with Gasteiger partial charge in [-0.05, 0) is 31.0 Å². The Labute approximate surface area is 135 Å². The summed E-state index contributed by atoms with van der Waals surface area (Å²) in [5.41, 5.74) is 0.862. The largest absolute Gasteiger partial charge is 0.341 e. The number of benzene rings is 1. The minimum Gasteiger partial charge on any atom is -0.341 e. The number of nitrogens with one attached hydrogen (secondary N) is 1. The molecule has 0 aliphatic carbocycles. The Morgan fingerprint density at radius 2 is 2.17 bits per heavy atom.